The molecule has 6 N–H and O–H groups in total. The summed E-state index contributed by atoms with van der Waals surface area (Å²) < 4.78 is 34.6. The van der Waals surface area contributed by atoms with Gasteiger partial charge in [-0.15, -0.1) is 0 Å². The van der Waals surface area contributed by atoms with E-state index in [2.05, 4.69) is 32.5 Å². The van der Waals surface area contributed by atoms with E-state index < -0.39 is 29.7 Å². The molecule has 1 aromatic heterocycles. The Hall–Kier alpha value is -4.36. The van der Waals surface area contributed by atoms with Gasteiger partial charge < -0.3 is 26.2 Å². The van der Waals surface area contributed by atoms with Gasteiger partial charge >= 0.3 is 6.03 Å². The Bertz CT molecular complexity index is 1420. The highest BCUT2D eigenvalue weighted by atomic mass is 32.1. The van der Waals surface area contributed by atoms with Crippen LogP contribution in [-0.2, 0) is 11.2 Å². The fraction of sp³-hybridized carbons (Fsp3) is 0.231. The number of anilines is 3. The molecule has 0 radical (unpaired) electrons. The summed E-state index contributed by atoms with van der Waals surface area (Å²) in [6.07, 6.45) is -0.0210. The molecule has 39 heavy (non-hydrogen) atoms. The largest absolute Gasteiger partial charge is 0.480 e. The highest BCUT2D eigenvalue weighted by molar-refractivity contribution is 7.18. The van der Waals surface area contributed by atoms with Crippen LogP contribution in [0.4, 0.5) is 30.2 Å². The number of hydrogen-bond donors (Lipinski definition) is 5. The lowest BCUT2D eigenvalue weighted by Crippen LogP contribution is -2.34. The number of carbonyl (C=O) groups excluding carboxylic acids is 2. The number of urea groups is 1. The molecule has 0 aliphatic carbocycles. The number of nitrogen functional groups attached to an aromatic ring is 1. The number of nitrogens with zero attached hydrogens (tertiary/aromatic N) is 2. The third-order valence-corrected chi connectivity index (χ3v) is 6.24. The van der Waals surface area contributed by atoms with Crippen LogP contribution in [0.2, 0.25) is 0 Å². The minimum absolute atomic E-state index is 0.0268. The lowest BCUT2D eigenvalue weighted by molar-refractivity contribution is 0.102. The van der Waals surface area contributed by atoms with E-state index in [1.807, 2.05) is 13.0 Å². The van der Waals surface area contributed by atoms with Crippen molar-refractivity contribution in [1.29, 1.82) is 0 Å². The highest BCUT2D eigenvalue weighted by Crippen LogP contribution is 2.29. The number of aromatic nitrogens is 1. The van der Waals surface area contributed by atoms with Crippen LogP contribution in [0.15, 0.2) is 48.0 Å². The Morgan fingerprint density at radius 2 is 1.97 bits per heavy atom. The second-order valence-corrected chi connectivity index (χ2v) is 9.30. The fourth-order valence-electron chi connectivity index (χ4n) is 3.29. The average Bonchev–Trinajstić information content (AvgIpc) is 3.26. The van der Waals surface area contributed by atoms with Crippen molar-refractivity contribution in [1.82, 2.24) is 10.3 Å². The number of aliphatic imine (C=N–C) groups is 1. The molecule has 0 aliphatic heterocycles. The van der Waals surface area contributed by atoms with E-state index in [0.717, 1.165) is 23.0 Å². The van der Waals surface area contributed by atoms with E-state index in [0.29, 0.717) is 18.1 Å². The summed E-state index contributed by atoms with van der Waals surface area (Å²) in [5.74, 6) is -2.61. The molecule has 1 heterocycles. The van der Waals surface area contributed by atoms with Crippen molar-refractivity contribution >= 4 is 51.5 Å². The van der Waals surface area contributed by atoms with E-state index in [1.165, 1.54) is 14.0 Å². The van der Waals surface area contributed by atoms with Crippen LogP contribution >= 0.6 is 11.3 Å². The van der Waals surface area contributed by atoms with Crippen LogP contribution in [0.5, 0.6) is 0 Å². The maximum Gasteiger partial charge on any atom is 0.321 e. The predicted molar refractivity (Wildman–Crippen MR) is 148 cm³/mol. The molecule has 3 rings (SSSR count). The zero-order chi connectivity index (χ0) is 28.7. The van der Waals surface area contributed by atoms with Gasteiger partial charge in [0, 0.05) is 23.7 Å². The Balaban J connectivity index is 1.84. The molecule has 3 aromatic rings. The summed E-state index contributed by atoms with van der Waals surface area (Å²) in [4.78, 5) is 33.1. The van der Waals surface area contributed by atoms with E-state index >= 15 is 0 Å². The van der Waals surface area contributed by atoms with Gasteiger partial charge in [-0.1, -0.05) is 37.0 Å². The van der Waals surface area contributed by atoms with Crippen molar-refractivity contribution in [3.8, 4) is 0 Å². The topological polar surface area (TPSA) is 151 Å². The third kappa shape index (κ3) is 7.58. The van der Waals surface area contributed by atoms with Gasteiger partial charge in [-0.3, -0.25) is 10.1 Å². The Morgan fingerprint density at radius 1 is 1.23 bits per heavy atom. The summed E-state index contributed by atoms with van der Waals surface area (Å²) in [5, 5.41) is 16.8. The summed E-state index contributed by atoms with van der Waals surface area (Å²) >= 11 is 0.933. The van der Waals surface area contributed by atoms with Gasteiger partial charge in [-0.2, -0.15) is 0 Å². The van der Waals surface area contributed by atoms with Crippen LogP contribution in [0, 0.1) is 11.6 Å². The van der Waals surface area contributed by atoms with Gasteiger partial charge in [-0.25, -0.2) is 23.6 Å². The molecule has 3 amide bonds. The highest BCUT2D eigenvalue weighted by Gasteiger charge is 2.20. The van der Waals surface area contributed by atoms with Crippen molar-refractivity contribution in [3.05, 3.63) is 76.2 Å². The number of hydrogen-bond acceptors (Lipinski definition) is 8. The lowest BCUT2D eigenvalue weighted by atomic mass is 10.1. The number of thiazole rings is 1. The zero-order valence-electron chi connectivity index (χ0n) is 21.5. The van der Waals surface area contributed by atoms with E-state index in [9.17, 15) is 23.5 Å². The second-order valence-electron chi connectivity index (χ2n) is 8.31. The third-order valence-electron chi connectivity index (χ3n) is 5.27. The quantitative estimate of drug-likeness (QED) is 0.194. The molecule has 0 spiro atoms. The minimum Gasteiger partial charge on any atom is -0.480 e. The SMILES string of the molecule is C=C(N=C(OC)c1sc(NC(=O)NCC(C)O)nc1N)c1cc(NC(=O)c2cccc(CC)c2)c(F)cc1F. The number of carbonyl (C=O) groups is 2. The van der Waals surface area contributed by atoms with Gasteiger partial charge in [0.1, 0.15) is 22.3 Å². The molecule has 10 nitrogen and oxygen atoms in total. The molecule has 0 saturated heterocycles. The van der Waals surface area contributed by atoms with Crippen LogP contribution in [0.3, 0.4) is 0 Å². The van der Waals surface area contributed by atoms with Gasteiger partial charge in [-0.05, 0) is 37.1 Å². The summed E-state index contributed by atoms with van der Waals surface area (Å²) in [5.41, 5.74) is 6.61. The molecule has 13 heteroatoms. The molecule has 206 valence electrons. The number of ether oxygens (including phenoxy) is 1. The molecule has 1 unspecified atom stereocenters. The number of aliphatic hydroxyl groups excluding tert-OH is 1. The maximum atomic E-state index is 14.7. The predicted octanol–water partition coefficient (Wildman–Crippen LogP) is 4.38. The summed E-state index contributed by atoms with van der Waals surface area (Å²) in [6.45, 7) is 7.24. The zero-order valence-corrected chi connectivity index (χ0v) is 22.3. The van der Waals surface area contributed by atoms with Gasteiger partial charge in [0.05, 0.1) is 24.6 Å². The number of methoxy groups -OCH3 is 1. The van der Waals surface area contributed by atoms with Crippen molar-refractivity contribution in [2.75, 3.05) is 30.0 Å². The van der Waals surface area contributed by atoms with Gasteiger partial charge in [0.25, 0.3) is 5.91 Å². The fourth-order valence-corrected chi connectivity index (χ4v) is 4.13. The van der Waals surface area contributed by atoms with Crippen LogP contribution in [0.25, 0.3) is 5.70 Å². The Kier molecular flexibility index (Phi) is 9.68. The molecular weight excluding hydrogens is 530 g/mol. The van der Waals surface area contributed by atoms with E-state index in [-0.39, 0.29) is 45.2 Å². The first-order chi connectivity index (χ1) is 18.5. The molecule has 0 bridgehead atoms. The molecule has 1 atom stereocenters. The van der Waals surface area contributed by atoms with Crippen LogP contribution in [-0.4, -0.2) is 47.7 Å². The van der Waals surface area contributed by atoms with Crippen molar-refractivity contribution in [2.24, 2.45) is 4.99 Å². The maximum absolute atomic E-state index is 14.7. The lowest BCUT2D eigenvalue weighted by Gasteiger charge is -2.11. The van der Waals surface area contributed by atoms with Crippen molar-refractivity contribution in [3.63, 3.8) is 0 Å². The van der Waals surface area contributed by atoms with Gasteiger partial charge in [0.15, 0.2) is 5.13 Å². The number of rotatable bonds is 9. The Labute approximate surface area is 227 Å². The molecule has 2 aromatic carbocycles. The number of nitrogens with two attached hydrogens (primary N) is 1. The monoisotopic (exact) mass is 558 g/mol. The first kappa shape index (κ1) is 29.2. The summed E-state index contributed by atoms with van der Waals surface area (Å²) in [6, 6.07) is 7.95. The number of amides is 3. The smallest absolute Gasteiger partial charge is 0.321 e. The van der Waals surface area contributed by atoms with E-state index in [1.54, 1.807) is 18.2 Å². The Morgan fingerprint density at radius 3 is 2.64 bits per heavy atom. The van der Waals surface area contributed by atoms with Crippen molar-refractivity contribution in [2.45, 2.75) is 26.4 Å². The molecule has 0 fully saturated rings. The standard InChI is InChI=1S/C26H28F2N6O4S/c1-5-15-7-6-8-16(9-15)23(36)32-20-10-17(18(27)11-19(20)28)14(3)31-24(38-4)21-22(29)33-26(39-21)34-25(37)30-12-13(2)35/h6-11,13,35H,3,5,12,29H2,1-2,4H3,(H,32,36)(H2,30,33,34,37). The second kappa shape index (κ2) is 12.9. The number of benzene rings is 2. The molecule has 0 saturated carbocycles. The van der Waals surface area contributed by atoms with Crippen molar-refractivity contribution < 1.29 is 28.2 Å². The first-order valence-electron chi connectivity index (χ1n) is 11.7. The minimum atomic E-state index is -0.976. The number of aliphatic hydroxyl groups is 1. The normalized spacial score (nSPS) is 12.0. The average molecular weight is 559 g/mol. The van der Waals surface area contributed by atoms with E-state index in [4.69, 9.17) is 10.5 Å². The molecule has 0 aliphatic rings. The van der Waals surface area contributed by atoms with Gasteiger partial charge in [0.2, 0.25) is 5.90 Å². The molecular formula is C26H28F2N6O4S. The first-order valence-corrected chi connectivity index (χ1v) is 12.5. The number of halogens is 2. The van der Waals surface area contributed by atoms with Crippen LogP contribution < -0.4 is 21.7 Å². The number of nitrogens with one attached hydrogen (secondary N) is 3. The summed E-state index contributed by atoms with van der Waals surface area (Å²) in [7, 11) is 1.30. The number of aryl methyl sites for hydroxylation is 1. The van der Waals surface area contributed by atoms with Crippen LogP contribution in [0.1, 0.15) is 40.2 Å².